The number of nitrogens with one attached hydrogen (secondary N) is 1. The summed E-state index contributed by atoms with van der Waals surface area (Å²) in [6.45, 7) is 4.25. The molecule has 0 aliphatic carbocycles. The van der Waals surface area contributed by atoms with E-state index in [0.717, 1.165) is 32.6 Å². The average Bonchev–Trinajstić information content (AvgIpc) is 3.37. The molecule has 0 radical (unpaired) electrons. The molecule has 7 nitrogen and oxygen atoms in total. The fourth-order valence-electron chi connectivity index (χ4n) is 5.56. The standard InChI is InChI=1S/C29H25N3O4/c1-16(2)17-11-13-18(14-12-17)26-25-21(19-7-3-5-9-22(19)30-25)15-24-27(33)32(29(36)31(24)26)23-10-6-4-8-20(23)28(34)35/h3-14,16,24,26,30H,15H2,1-2H3,(H,34,35). The number of aromatic carboxylic acids is 1. The Morgan fingerprint density at radius 2 is 1.67 bits per heavy atom. The summed E-state index contributed by atoms with van der Waals surface area (Å²) in [5, 5.41) is 10.7. The Morgan fingerprint density at radius 3 is 2.39 bits per heavy atom. The lowest BCUT2D eigenvalue weighted by atomic mass is 9.88. The van der Waals surface area contributed by atoms with Crippen LogP contribution >= 0.6 is 0 Å². The molecule has 7 heteroatoms. The monoisotopic (exact) mass is 479 g/mol. The smallest absolute Gasteiger partial charge is 0.337 e. The Hall–Kier alpha value is -4.39. The van der Waals surface area contributed by atoms with E-state index in [1.165, 1.54) is 17.7 Å². The van der Waals surface area contributed by atoms with E-state index in [4.69, 9.17) is 0 Å². The van der Waals surface area contributed by atoms with Crippen molar-refractivity contribution < 1.29 is 19.5 Å². The highest BCUT2D eigenvalue weighted by atomic mass is 16.4. The van der Waals surface area contributed by atoms with E-state index in [9.17, 15) is 19.5 Å². The number of urea groups is 1. The van der Waals surface area contributed by atoms with Crippen molar-refractivity contribution in [3.8, 4) is 0 Å². The number of para-hydroxylation sites is 2. The first kappa shape index (κ1) is 22.1. The van der Waals surface area contributed by atoms with Crippen molar-refractivity contribution in [3.63, 3.8) is 0 Å². The number of fused-ring (bicyclic) bond motifs is 4. The van der Waals surface area contributed by atoms with E-state index in [1.54, 1.807) is 17.0 Å². The summed E-state index contributed by atoms with van der Waals surface area (Å²) in [6, 6.07) is 20.5. The van der Waals surface area contributed by atoms with Crippen LogP contribution in [-0.2, 0) is 11.2 Å². The van der Waals surface area contributed by atoms with E-state index in [2.05, 4.69) is 31.0 Å². The maximum atomic E-state index is 13.9. The number of imide groups is 1. The minimum absolute atomic E-state index is 0.0825. The molecular formula is C29H25N3O4. The molecule has 180 valence electrons. The van der Waals surface area contributed by atoms with Gasteiger partial charge in [-0.1, -0.05) is 68.4 Å². The number of benzene rings is 3. The molecule has 2 aliphatic rings. The van der Waals surface area contributed by atoms with Gasteiger partial charge in [0.15, 0.2) is 0 Å². The first-order valence-electron chi connectivity index (χ1n) is 12.0. The van der Waals surface area contributed by atoms with E-state index in [0.29, 0.717) is 12.3 Å². The molecule has 2 N–H and O–H groups in total. The van der Waals surface area contributed by atoms with Crippen LogP contribution in [0.4, 0.5) is 10.5 Å². The summed E-state index contributed by atoms with van der Waals surface area (Å²) < 4.78 is 0. The van der Waals surface area contributed by atoms with E-state index >= 15 is 0 Å². The second kappa shape index (κ2) is 8.09. The van der Waals surface area contributed by atoms with Crippen LogP contribution in [-0.4, -0.2) is 38.9 Å². The van der Waals surface area contributed by atoms with Crippen molar-refractivity contribution in [1.82, 2.24) is 9.88 Å². The molecule has 1 saturated heterocycles. The summed E-state index contributed by atoms with van der Waals surface area (Å²) in [6.07, 6.45) is 0.357. The maximum absolute atomic E-state index is 13.9. The van der Waals surface area contributed by atoms with E-state index in [-0.39, 0.29) is 11.3 Å². The molecule has 0 spiro atoms. The number of hydrogen-bond donors (Lipinski definition) is 2. The SMILES string of the molecule is CC(C)c1ccc(C2c3[nH]c4ccccc4c3CC3C(=O)N(c4ccccc4C(=O)O)C(=O)N32)cc1. The minimum Gasteiger partial charge on any atom is -0.478 e. The fraction of sp³-hybridized carbons (Fsp3) is 0.207. The number of aromatic nitrogens is 1. The molecule has 4 aromatic rings. The second-order valence-corrected chi connectivity index (χ2v) is 9.69. The predicted molar refractivity (Wildman–Crippen MR) is 136 cm³/mol. The third-order valence-electron chi connectivity index (χ3n) is 7.34. The van der Waals surface area contributed by atoms with Gasteiger partial charge in [0.05, 0.1) is 11.3 Å². The molecule has 1 fully saturated rings. The van der Waals surface area contributed by atoms with Gasteiger partial charge in [-0.3, -0.25) is 9.69 Å². The van der Waals surface area contributed by atoms with Crippen molar-refractivity contribution in [2.75, 3.05) is 4.90 Å². The normalized spacial score (nSPS) is 19.2. The first-order chi connectivity index (χ1) is 17.4. The van der Waals surface area contributed by atoms with Crippen LogP contribution < -0.4 is 4.90 Å². The van der Waals surface area contributed by atoms with Gasteiger partial charge < -0.3 is 10.1 Å². The zero-order chi connectivity index (χ0) is 25.1. The molecule has 0 bridgehead atoms. The number of aromatic amines is 1. The Balaban J connectivity index is 1.53. The summed E-state index contributed by atoms with van der Waals surface area (Å²) >= 11 is 0. The number of carbonyl (C=O) groups excluding carboxylic acids is 2. The van der Waals surface area contributed by atoms with E-state index in [1.807, 2.05) is 36.4 Å². The van der Waals surface area contributed by atoms with Crippen molar-refractivity contribution in [1.29, 1.82) is 0 Å². The number of H-pyrrole nitrogens is 1. The van der Waals surface area contributed by atoms with Gasteiger partial charge in [-0.15, -0.1) is 0 Å². The molecule has 1 aromatic heterocycles. The Morgan fingerprint density at radius 1 is 0.972 bits per heavy atom. The molecule has 3 amide bonds. The predicted octanol–water partition coefficient (Wildman–Crippen LogP) is 5.47. The highest BCUT2D eigenvalue weighted by Gasteiger charge is 2.53. The molecule has 6 rings (SSSR count). The zero-order valence-corrected chi connectivity index (χ0v) is 19.9. The number of nitrogens with zero attached hydrogens (tertiary/aromatic N) is 2. The van der Waals surface area contributed by atoms with Gasteiger partial charge in [-0.05, 0) is 40.8 Å². The number of carboxylic acids is 1. The van der Waals surface area contributed by atoms with Gasteiger partial charge in [0, 0.05) is 23.0 Å². The van der Waals surface area contributed by atoms with Crippen molar-refractivity contribution >= 4 is 34.5 Å². The summed E-state index contributed by atoms with van der Waals surface area (Å²) in [5.41, 5.74) is 4.95. The third-order valence-corrected chi connectivity index (χ3v) is 7.34. The van der Waals surface area contributed by atoms with Crippen LogP contribution in [0.15, 0.2) is 72.8 Å². The third kappa shape index (κ3) is 3.16. The topological polar surface area (TPSA) is 93.7 Å². The molecule has 3 heterocycles. The number of carboxylic acid groups (broad SMARTS) is 1. The molecule has 2 atom stereocenters. The molecule has 2 aliphatic heterocycles. The molecule has 3 aromatic carbocycles. The van der Waals surface area contributed by atoms with Crippen LogP contribution in [0.3, 0.4) is 0 Å². The molecule has 2 unspecified atom stereocenters. The number of hydrogen-bond acceptors (Lipinski definition) is 3. The van der Waals surface area contributed by atoms with Crippen LogP contribution in [0.25, 0.3) is 10.9 Å². The Kier molecular flexibility index (Phi) is 4.96. The first-order valence-corrected chi connectivity index (χ1v) is 12.0. The number of anilines is 1. The fourth-order valence-corrected chi connectivity index (χ4v) is 5.56. The van der Waals surface area contributed by atoms with Crippen molar-refractivity contribution in [2.45, 2.75) is 38.3 Å². The summed E-state index contributed by atoms with van der Waals surface area (Å²) in [7, 11) is 0. The maximum Gasteiger partial charge on any atom is 0.337 e. The summed E-state index contributed by atoms with van der Waals surface area (Å²) in [5.74, 6) is -1.23. The lowest BCUT2D eigenvalue weighted by Crippen LogP contribution is -2.44. The highest BCUT2D eigenvalue weighted by Crippen LogP contribution is 2.45. The number of rotatable bonds is 4. The van der Waals surface area contributed by atoms with Crippen LogP contribution in [0.2, 0.25) is 0 Å². The quantitative estimate of drug-likeness (QED) is 0.380. The lowest BCUT2D eigenvalue weighted by Gasteiger charge is -2.36. The molecule has 36 heavy (non-hydrogen) atoms. The molecular weight excluding hydrogens is 454 g/mol. The lowest BCUT2D eigenvalue weighted by molar-refractivity contribution is -0.120. The van der Waals surface area contributed by atoms with Gasteiger partial charge in [0.25, 0.3) is 5.91 Å². The Labute approximate surface area is 208 Å². The highest BCUT2D eigenvalue weighted by molar-refractivity contribution is 6.23. The van der Waals surface area contributed by atoms with Gasteiger partial charge in [-0.2, -0.15) is 0 Å². The van der Waals surface area contributed by atoms with Gasteiger partial charge in [0.2, 0.25) is 0 Å². The van der Waals surface area contributed by atoms with Gasteiger partial charge >= 0.3 is 12.0 Å². The van der Waals surface area contributed by atoms with E-state index < -0.39 is 30.0 Å². The number of amides is 3. The van der Waals surface area contributed by atoms with Gasteiger partial charge in [-0.25, -0.2) is 14.5 Å². The summed E-state index contributed by atoms with van der Waals surface area (Å²) in [4.78, 5) is 45.8. The Bertz CT molecular complexity index is 1540. The second-order valence-electron chi connectivity index (χ2n) is 9.69. The largest absolute Gasteiger partial charge is 0.478 e. The van der Waals surface area contributed by atoms with Crippen molar-refractivity contribution in [3.05, 3.63) is 101 Å². The average molecular weight is 480 g/mol. The van der Waals surface area contributed by atoms with Crippen LogP contribution in [0.1, 0.15) is 58.5 Å². The molecule has 0 saturated carbocycles. The number of carbonyl (C=O) groups is 3. The van der Waals surface area contributed by atoms with Crippen LogP contribution in [0, 0.1) is 0 Å². The van der Waals surface area contributed by atoms with Gasteiger partial charge in [0.1, 0.15) is 12.1 Å². The van der Waals surface area contributed by atoms with Crippen molar-refractivity contribution in [2.24, 2.45) is 0 Å². The zero-order valence-electron chi connectivity index (χ0n) is 19.9. The van der Waals surface area contributed by atoms with Crippen LogP contribution in [0.5, 0.6) is 0 Å². The minimum atomic E-state index is -1.19.